The lowest BCUT2D eigenvalue weighted by molar-refractivity contribution is 0.0955. The van der Waals surface area contributed by atoms with E-state index in [9.17, 15) is 9.59 Å². The van der Waals surface area contributed by atoms with Crippen LogP contribution in [-0.2, 0) is 6.42 Å². The van der Waals surface area contributed by atoms with Crippen LogP contribution >= 0.6 is 0 Å². The molecule has 0 aliphatic heterocycles. The van der Waals surface area contributed by atoms with Crippen molar-refractivity contribution in [3.05, 3.63) is 118 Å². The summed E-state index contributed by atoms with van der Waals surface area (Å²) in [5.41, 5.74) is 3.81. The molecule has 0 bridgehead atoms. The molecule has 1 amide bonds. The van der Waals surface area contributed by atoms with Gasteiger partial charge in [0, 0.05) is 23.9 Å². The highest BCUT2D eigenvalue weighted by molar-refractivity contribution is 6.05. The zero-order valence-electron chi connectivity index (χ0n) is 18.7. The molecule has 5 aromatic rings. The van der Waals surface area contributed by atoms with Gasteiger partial charge in [0.25, 0.3) is 5.91 Å². The molecule has 168 valence electrons. The van der Waals surface area contributed by atoms with Crippen molar-refractivity contribution in [2.75, 3.05) is 6.54 Å². The van der Waals surface area contributed by atoms with Crippen LogP contribution in [0.4, 0.5) is 0 Å². The summed E-state index contributed by atoms with van der Waals surface area (Å²) in [6.45, 7) is 2.17. The largest absolute Gasteiger partial charge is 0.455 e. The molecule has 0 saturated heterocycles. The Morgan fingerprint density at radius 3 is 2.47 bits per heavy atom. The fourth-order valence-electron chi connectivity index (χ4n) is 3.98. The molecule has 6 heteroatoms. The van der Waals surface area contributed by atoms with Gasteiger partial charge in [-0.2, -0.15) is 5.10 Å². The summed E-state index contributed by atoms with van der Waals surface area (Å²) in [5, 5.41) is 7.74. The Balaban J connectivity index is 1.37. The summed E-state index contributed by atoms with van der Waals surface area (Å²) in [6.07, 6.45) is 4.38. The Morgan fingerprint density at radius 2 is 1.71 bits per heavy atom. The van der Waals surface area contributed by atoms with Crippen molar-refractivity contribution in [1.82, 2.24) is 15.1 Å². The highest BCUT2D eigenvalue weighted by Crippen LogP contribution is 2.27. The number of carbonyl (C=O) groups excluding carboxylic acids is 1. The molecule has 0 aliphatic rings. The Morgan fingerprint density at radius 1 is 0.971 bits per heavy atom. The minimum atomic E-state index is -0.285. The molecule has 1 N–H and O–H groups in total. The van der Waals surface area contributed by atoms with Crippen LogP contribution in [-0.4, -0.2) is 22.2 Å². The fraction of sp³-hybridized carbons (Fsp3) is 0.107. The third-order valence-electron chi connectivity index (χ3n) is 5.78. The van der Waals surface area contributed by atoms with E-state index in [1.165, 1.54) is 0 Å². The van der Waals surface area contributed by atoms with Gasteiger partial charge in [-0.3, -0.25) is 9.59 Å². The van der Waals surface area contributed by atoms with Gasteiger partial charge >= 0.3 is 0 Å². The lowest BCUT2D eigenvalue weighted by Crippen LogP contribution is -2.26. The topological polar surface area (TPSA) is 77.1 Å². The van der Waals surface area contributed by atoms with E-state index in [1.54, 1.807) is 31.3 Å². The van der Waals surface area contributed by atoms with Crippen molar-refractivity contribution in [2.45, 2.75) is 13.3 Å². The molecule has 0 fully saturated rings. The van der Waals surface area contributed by atoms with Gasteiger partial charge in [-0.15, -0.1) is 0 Å². The first-order chi connectivity index (χ1) is 16.6. The van der Waals surface area contributed by atoms with E-state index in [4.69, 9.17) is 4.42 Å². The van der Waals surface area contributed by atoms with Crippen molar-refractivity contribution in [3.8, 4) is 17.0 Å². The van der Waals surface area contributed by atoms with Gasteiger partial charge in [-0.1, -0.05) is 54.6 Å². The van der Waals surface area contributed by atoms with Gasteiger partial charge in [0.1, 0.15) is 5.76 Å². The summed E-state index contributed by atoms with van der Waals surface area (Å²) < 4.78 is 7.96. The number of hydrogen-bond donors (Lipinski definition) is 1. The normalized spacial score (nSPS) is 11.0. The third kappa shape index (κ3) is 4.13. The molecule has 0 aliphatic carbocycles. The molecule has 0 unspecified atom stereocenters. The van der Waals surface area contributed by atoms with E-state index in [2.05, 4.69) is 10.4 Å². The Bertz CT molecular complexity index is 1520. The lowest BCUT2D eigenvalue weighted by atomic mass is 10.0. The van der Waals surface area contributed by atoms with E-state index < -0.39 is 0 Å². The summed E-state index contributed by atoms with van der Waals surface area (Å²) in [4.78, 5) is 26.0. The zero-order chi connectivity index (χ0) is 23.5. The average Bonchev–Trinajstić information content (AvgIpc) is 3.36. The van der Waals surface area contributed by atoms with Crippen molar-refractivity contribution in [2.24, 2.45) is 0 Å². The minimum Gasteiger partial charge on any atom is -0.455 e. The summed E-state index contributed by atoms with van der Waals surface area (Å²) in [6, 6.07) is 24.4. The van der Waals surface area contributed by atoms with E-state index in [0.29, 0.717) is 40.8 Å². The standard InChI is InChI=1S/C28H23N3O3/c1-19-25(32)23-13-8-14-24(27(23)34-26(19)21-9-4-2-5-10-21)28(33)29-16-15-20-17-30-31(18-20)22-11-6-3-7-12-22/h2-14,17-18H,15-16H2,1H3,(H,29,33). The first-order valence-corrected chi connectivity index (χ1v) is 11.1. The summed E-state index contributed by atoms with van der Waals surface area (Å²) >= 11 is 0. The number of rotatable bonds is 6. The van der Waals surface area contributed by atoms with Gasteiger partial charge in [-0.25, -0.2) is 4.68 Å². The van der Waals surface area contributed by atoms with Gasteiger partial charge in [-0.05, 0) is 43.2 Å². The van der Waals surface area contributed by atoms with Gasteiger partial charge in [0.15, 0.2) is 11.0 Å². The Kier molecular flexibility index (Phi) is 5.79. The van der Waals surface area contributed by atoms with Crippen LogP contribution < -0.4 is 10.7 Å². The molecule has 0 spiro atoms. The maximum absolute atomic E-state index is 13.0. The number of nitrogens with one attached hydrogen (secondary N) is 1. The molecular formula is C28H23N3O3. The molecule has 0 saturated carbocycles. The van der Waals surface area contributed by atoms with Crippen LogP contribution in [0.2, 0.25) is 0 Å². The number of fused-ring (bicyclic) bond motifs is 1. The van der Waals surface area contributed by atoms with Crippen LogP contribution in [0.15, 0.2) is 100 Å². The highest BCUT2D eigenvalue weighted by atomic mass is 16.3. The van der Waals surface area contributed by atoms with E-state index in [-0.39, 0.29) is 11.3 Å². The maximum atomic E-state index is 13.0. The first kappa shape index (κ1) is 21.4. The van der Waals surface area contributed by atoms with Gasteiger partial charge < -0.3 is 9.73 Å². The highest BCUT2D eigenvalue weighted by Gasteiger charge is 2.18. The van der Waals surface area contributed by atoms with Gasteiger partial charge in [0.2, 0.25) is 0 Å². The SMILES string of the molecule is Cc1c(-c2ccccc2)oc2c(C(=O)NCCc3cnn(-c4ccccc4)c3)cccc2c1=O. The average molecular weight is 450 g/mol. The quantitative estimate of drug-likeness (QED) is 0.399. The van der Waals surface area contributed by atoms with Crippen LogP contribution in [0.1, 0.15) is 21.5 Å². The number of aromatic nitrogens is 2. The molecule has 5 rings (SSSR count). The summed E-state index contributed by atoms with van der Waals surface area (Å²) in [5.74, 6) is 0.193. The molecule has 34 heavy (non-hydrogen) atoms. The predicted molar refractivity (Wildman–Crippen MR) is 132 cm³/mol. The lowest BCUT2D eigenvalue weighted by Gasteiger charge is -2.10. The predicted octanol–water partition coefficient (Wildman–Crippen LogP) is 4.93. The fourth-order valence-corrected chi connectivity index (χ4v) is 3.98. The summed E-state index contributed by atoms with van der Waals surface area (Å²) in [7, 11) is 0. The Labute approximate surface area is 196 Å². The smallest absolute Gasteiger partial charge is 0.255 e. The molecule has 3 aromatic carbocycles. The Hall–Kier alpha value is -4.45. The number of para-hydroxylation sites is 2. The van der Waals surface area contributed by atoms with Crippen LogP contribution in [0.25, 0.3) is 28.0 Å². The third-order valence-corrected chi connectivity index (χ3v) is 5.78. The van der Waals surface area contributed by atoms with Crippen molar-refractivity contribution < 1.29 is 9.21 Å². The molecule has 0 radical (unpaired) electrons. The van der Waals surface area contributed by atoms with Crippen molar-refractivity contribution in [3.63, 3.8) is 0 Å². The van der Waals surface area contributed by atoms with Crippen molar-refractivity contribution in [1.29, 1.82) is 0 Å². The second-order valence-corrected chi connectivity index (χ2v) is 8.07. The number of benzene rings is 3. The molecule has 2 heterocycles. The number of carbonyl (C=O) groups is 1. The van der Waals surface area contributed by atoms with Crippen LogP contribution in [0, 0.1) is 6.92 Å². The van der Waals surface area contributed by atoms with E-state index in [0.717, 1.165) is 16.8 Å². The first-order valence-electron chi connectivity index (χ1n) is 11.1. The number of nitrogens with zero attached hydrogens (tertiary/aromatic N) is 2. The zero-order valence-corrected chi connectivity index (χ0v) is 18.7. The van der Waals surface area contributed by atoms with E-state index in [1.807, 2.05) is 71.5 Å². The van der Waals surface area contributed by atoms with Gasteiger partial charge in [0.05, 0.1) is 22.8 Å². The number of amides is 1. The molecule has 0 atom stereocenters. The molecule has 2 aromatic heterocycles. The van der Waals surface area contributed by atoms with E-state index >= 15 is 0 Å². The number of hydrogen-bond acceptors (Lipinski definition) is 4. The second kappa shape index (κ2) is 9.19. The van der Waals surface area contributed by atoms with Crippen LogP contribution in [0.3, 0.4) is 0 Å². The van der Waals surface area contributed by atoms with Crippen LogP contribution in [0.5, 0.6) is 0 Å². The molecular weight excluding hydrogens is 426 g/mol. The monoisotopic (exact) mass is 449 g/mol. The second-order valence-electron chi connectivity index (χ2n) is 8.07. The maximum Gasteiger partial charge on any atom is 0.255 e. The minimum absolute atomic E-state index is 0.136. The van der Waals surface area contributed by atoms with Crippen molar-refractivity contribution >= 4 is 16.9 Å². The molecule has 6 nitrogen and oxygen atoms in total.